The Morgan fingerprint density at radius 3 is 2.89 bits per heavy atom. The van der Waals surface area contributed by atoms with Gasteiger partial charge in [-0.15, -0.1) is 0 Å². The first-order chi connectivity index (χ1) is 8.61. The summed E-state index contributed by atoms with van der Waals surface area (Å²) >= 11 is 1.43. The Balaban J connectivity index is 2.06. The summed E-state index contributed by atoms with van der Waals surface area (Å²) in [5.74, 6) is -1.24. The van der Waals surface area contributed by atoms with Gasteiger partial charge in [0.2, 0.25) is 0 Å². The van der Waals surface area contributed by atoms with Gasteiger partial charge in [0.25, 0.3) is 5.91 Å². The molecule has 1 aliphatic rings. The van der Waals surface area contributed by atoms with Gasteiger partial charge in [0, 0.05) is 13.1 Å². The predicted molar refractivity (Wildman–Crippen MR) is 66.8 cm³/mol. The van der Waals surface area contributed by atoms with Crippen molar-refractivity contribution in [1.82, 2.24) is 4.90 Å². The number of piperidine rings is 1. The van der Waals surface area contributed by atoms with Crippen LogP contribution in [-0.4, -0.2) is 41.2 Å². The maximum absolute atomic E-state index is 12.1. The lowest BCUT2D eigenvalue weighted by Gasteiger charge is -2.29. The van der Waals surface area contributed by atoms with Gasteiger partial charge in [-0.3, -0.25) is 9.59 Å². The van der Waals surface area contributed by atoms with Gasteiger partial charge < -0.3 is 14.4 Å². The summed E-state index contributed by atoms with van der Waals surface area (Å²) in [6.45, 7) is 0.862. The lowest BCUT2D eigenvalue weighted by Crippen LogP contribution is -2.42. The number of likely N-dealkylation sites (tertiary alicyclic amines) is 1. The van der Waals surface area contributed by atoms with E-state index in [4.69, 9.17) is 9.52 Å². The zero-order valence-corrected chi connectivity index (χ0v) is 10.9. The molecular weight excluding hydrogens is 254 g/mol. The fourth-order valence-electron chi connectivity index (χ4n) is 2.06. The minimum atomic E-state index is -0.836. The highest BCUT2D eigenvalue weighted by Gasteiger charge is 2.29. The SMILES string of the molecule is CSc1ccc(C(=O)N2CCCC(C(=O)O)C2)o1. The fourth-order valence-corrected chi connectivity index (χ4v) is 2.44. The minimum absolute atomic E-state index is 0.221. The van der Waals surface area contributed by atoms with E-state index in [9.17, 15) is 9.59 Å². The number of carboxylic acid groups (broad SMARTS) is 1. The number of carbonyl (C=O) groups is 2. The smallest absolute Gasteiger partial charge is 0.308 e. The maximum atomic E-state index is 12.1. The van der Waals surface area contributed by atoms with Crippen molar-refractivity contribution in [3.63, 3.8) is 0 Å². The summed E-state index contributed by atoms with van der Waals surface area (Å²) in [5, 5.41) is 9.67. The van der Waals surface area contributed by atoms with Gasteiger partial charge in [-0.25, -0.2) is 0 Å². The molecule has 0 radical (unpaired) electrons. The third-order valence-corrected chi connectivity index (χ3v) is 3.67. The average molecular weight is 269 g/mol. The van der Waals surface area contributed by atoms with Crippen molar-refractivity contribution in [3.8, 4) is 0 Å². The molecule has 1 N–H and O–H groups in total. The summed E-state index contributed by atoms with van der Waals surface area (Å²) in [6, 6.07) is 3.38. The van der Waals surface area contributed by atoms with Crippen molar-refractivity contribution in [2.75, 3.05) is 19.3 Å². The van der Waals surface area contributed by atoms with Crippen LogP contribution in [-0.2, 0) is 4.79 Å². The quantitative estimate of drug-likeness (QED) is 0.849. The first kappa shape index (κ1) is 13.0. The number of hydrogen-bond acceptors (Lipinski definition) is 4. The van der Waals surface area contributed by atoms with Gasteiger partial charge in [-0.1, -0.05) is 11.8 Å². The van der Waals surface area contributed by atoms with Crippen LogP contribution in [0.3, 0.4) is 0 Å². The van der Waals surface area contributed by atoms with Crippen LogP contribution >= 0.6 is 11.8 Å². The second kappa shape index (κ2) is 5.48. The monoisotopic (exact) mass is 269 g/mol. The normalized spacial score (nSPS) is 19.8. The maximum Gasteiger partial charge on any atom is 0.308 e. The number of nitrogens with zero attached hydrogens (tertiary/aromatic N) is 1. The third kappa shape index (κ3) is 2.69. The zero-order chi connectivity index (χ0) is 13.1. The molecule has 0 spiro atoms. The van der Waals surface area contributed by atoms with Crippen LogP contribution in [0, 0.1) is 5.92 Å². The Morgan fingerprint density at radius 2 is 2.28 bits per heavy atom. The molecule has 0 bridgehead atoms. The van der Waals surface area contributed by atoms with Crippen LogP contribution in [0.5, 0.6) is 0 Å². The number of amides is 1. The Bertz CT molecular complexity index is 457. The fraction of sp³-hybridized carbons (Fsp3) is 0.500. The molecule has 18 heavy (non-hydrogen) atoms. The van der Waals surface area contributed by atoms with Crippen LogP contribution in [0.25, 0.3) is 0 Å². The van der Waals surface area contributed by atoms with E-state index in [1.165, 1.54) is 11.8 Å². The molecule has 1 atom stereocenters. The number of furan rings is 1. The number of hydrogen-bond donors (Lipinski definition) is 1. The lowest BCUT2D eigenvalue weighted by atomic mass is 9.98. The number of carboxylic acids is 1. The molecule has 0 aliphatic carbocycles. The van der Waals surface area contributed by atoms with E-state index in [1.807, 2.05) is 6.26 Å². The molecule has 1 saturated heterocycles. The zero-order valence-electron chi connectivity index (χ0n) is 10.1. The molecular formula is C12H15NO4S. The van der Waals surface area contributed by atoms with E-state index >= 15 is 0 Å². The number of aliphatic carboxylic acids is 1. The van der Waals surface area contributed by atoms with Gasteiger partial charge in [0.05, 0.1) is 5.92 Å². The molecule has 5 nitrogen and oxygen atoms in total. The highest BCUT2D eigenvalue weighted by Crippen LogP contribution is 2.22. The Labute approximate surface area is 109 Å². The minimum Gasteiger partial charge on any atom is -0.481 e. The molecule has 1 fully saturated rings. The van der Waals surface area contributed by atoms with Crippen LogP contribution in [0.15, 0.2) is 21.6 Å². The molecule has 0 aromatic carbocycles. The molecule has 2 rings (SSSR count). The van der Waals surface area contributed by atoms with Gasteiger partial charge >= 0.3 is 5.97 Å². The second-order valence-corrected chi connectivity index (χ2v) is 5.06. The Morgan fingerprint density at radius 1 is 1.50 bits per heavy atom. The Hall–Kier alpha value is -1.43. The molecule has 1 aromatic rings. The van der Waals surface area contributed by atoms with Crippen LogP contribution in [0.2, 0.25) is 0 Å². The van der Waals surface area contributed by atoms with Crippen molar-refractivity contribution < 1.29 is 19.1 Å². The molecule has 1 amide bonds. The Kier molecular flexibility index (Phi) is 3.96. The van der Waals surface area contributed by atoms with Crippen LogP contribution in [0.4, 0.5) is 0 Å². The first-order valence-electron chi connectivity index (χ1n) is 5.77. The van der Waals surface area contributed by atoms with Crippen molar-refractivity contribution in [2.45, 2.75) is 17.9 Å². The largest absolute Gasteiger partial charge is 0.481 e. The molecule has 1 aliphatic heterocycles. The highest BCUT2D eigenvalue weighted by atomic mass is 32.2. The van der Waals surface area contributed by atoms with E-state index < -0.39 is 11.9 Å². The summed E-state index contributed by atoms with van der Waals surface area (Å²) in [4.78, 5) is 24.6. The molecule has 0 saturated carbocycles. The molecule has 1 unspecified atom stereocenters. The van der Waals surface area contributed by atoms with E-state index in [1.54, 1.807) is 17.0 Å². The molecule has 6 heteroatoms. The van der Waals surface area contributed by atoms with Gasteiger partial charge in [0.1, 0.15) is 0 Å². The summed E-state index contributed by atoms with van der Waals surface area (Å²) in [6.07, 6.45) is 3.22. The van der Waals surface area contributed by atoms with Gasteiger partial charge in [-0.05, 0) is 31.2 Å². The molecule has 98 valence electrons. The summed E-state index contributed by atoms with van der Waals surface area (Å²) in [7, 11) is 0. The standard InChI is InChI=1S/C12H15NO4S/c1-18-10-5-4-9(17-10)11(14)13-6-2-3-8(7-13)12(15)16/h4-5,8H,2-3,6-7H2,1H3,(H,15,16). The number of thioether (sulfide) groups is 1. The summed E-state index contributed by atoms with van der Waals surface area (Å²) < 4.78 is 5.37. The predicted octanol–water partition coefficient (Wildman–Crippen LogP) is 1.94. The van der Waals surface area contributed by atoms with E-state index in [0.717, 1.165) is 6.42 Å². The van der Waals surface area contributed by atoms with E-state index in [-0.39, 0.29) is 18.2 Å². The van der Waals surface area contributed by atoms with Gasteiger partial charge in [0.15, 0.2) is 10.9 Å². The molecule has 1 aromatic heterocycles. The van der Waals surface area contributed by atoms with Crippen molar-refractivity contribution >= 4 is 23.6 Å². The lowest BCUT2D eigenvalue weighted by molar-refractivity contribution is -0.143. The number of carbonyl (C=O) groups excluding carboxylic acids is 1. The topological polar surface area (TPSA) is 70.8 Å². The van der Waals surface area contributed by atoms with E-state index in [2.05, 4.69) is 0 Å². The number of rotatable bonds is 3. The van der Waals surface area contributed by atoms with Crippen molar-refractivity contribution in [1.29, 1.82) is 0 Å². The third-order valence-electron chi connectivity index (χ3n) is 3.05. The van der Waals surface area contributed by atoms with E-state index in [0.29, 0.717) is 18.1 Å². The van der Waals surface area contributed by atoms with Crippen LogP contribution in [0.1, 0.15) is 23.4 Å². The van der Waals surface area contributed by atoms with Crippen LogP contribution < -0.4 is 0 Å². The van der Waals surface area contributed by atoms with Gasteiger partial charge in [-0.2, -0.15) is 0 Å². The summed E-state index contributed by atoms with van der Waals surface area (Å²) in [5.41, 5.74) is 0. The highest BCUT2D eigenvalue weighted by molar-refractivity contribution is 7.98. The second-order valence-electron chi connectivity index (χ2n) is 4.25. The van der Waals surface area contributed by atoms with Crippen molar-refractivity contribution in [3.05, 3.63) is 17.9 Å². The first-order valence-corrected chi connectivity index (χ1v) is 7.00. The molecule has 2 heterocycles. The average Bonchev–Trinajstić information content (AvgIpc) is 2.86. The van der Waals surface area contributed by atoms with Crippen molar-refractivity contribution in [2.24, 2.45) is 5.92 Å².